The minimum Gasteiger partial charge on any atom is -0.339 e. The van der Waals surface area contributed by atoms with Gasteiger partial charge in [0.2, 0.25) is 5.91 Å². The molecule has 0 aromatic rings. The van der Waals surface area contributed by atoms with Gasteiger partial charge in [-0.05, 0) is 18.8 Å². The lowest BCUT2D eigenvalue weighted by Crippen LogP contribution is -2.39. The fraction of sp³-hybridized carbons (Fsp3) is 0.800. The van der Waals surface area contributed by atoms with E-state index in [9.17, 15) is 9.59 Å². The maximum atomic E-state index is 11.6. The Morgan fingerprint density at radius 2 is 2.08 bits per heavy atom. The number of amides is 1. The Hall–Kier alpha value is -0.860. The van der Waals surface area contributed by atoms with E-state index in [0.29, 0.717) is 30.6 Å². The zero-order chi connectivity index (χ0) is 9.00. The first-order valence-corrected chi connectivity index (χ1v) is 5.09. The van der Waals surface area contributed by atoms with Gasteiger partial charge in [-0.1, -0.05) is 0 Å². The normalized spacial score (nSPS) is 42.8. The van der Waals surface area contributed by atoms with E-state index in [1.807, 2.05) is 4.90 Å². The molecule has 0 spiro atoms. The van der Waals surface area contributed by atoms with E-state index in [4.69, 9.17) is 0 Å². The number of rotatable bonds is 0. The Balaban J connectivity index is 1.99. The summed E-state index contributed by atoms with van der Waals surface area (Å²) < 4.78 is 0. The van der Waals surface area contributed by atoms with Crippen molar-refractivity contribution in [3.05, 3.63) is 0 Å². The molecule has 2 saturated heterocycles. The summed E-state index contributed by atoms with van der Waals surface area (Å²) in [6.45, 7) is 0.901. The van der Waals surface area contributed by atoms with Crippen LogP contribution in [0.2, 0.25) is 0 Å². The van der Waals surface area contributed by atoms with Crippen LogP contribution in [0.3, 0.4) is 0 Å². The van der Waals surface area contributed by atoms with E-state index in [-0.39, 0.29) is 11.8 Å². The number of nitrogens with zero attached hydrogens (tertiary/aromatic N) is 1. The van der Waals surface area contributed by atoms with Gasteiger partial charge in [-0.2, -0.15) is 0 Å². The first-order chi connectivity index (χ1) is 6.27. The van der Waals surface area contributed by atoms with E-state index in [1.165, 1.54) is 0 Å². The highest BCUT2D eigenvalue weighted by molar-refractivity contribution is 5.92. The highest BCUT2D eigenvalue weighted by Crippen LogP contribution is 2.44. The van der Waals surface area contributed by atoms with Crippen molar-refractivity contribution in [1.82, 2.24) is 4.90 Å². The number of carbonyl (C=O) groups is 2. The molecule has 0 N–H and O–H groups in total. The SMILES string of the molecule is O=C1CC[C@H]2CCN3C(=O)C[C@@H]1[C@@H]23. The van der Waals surface area contributed by atoms with Crippen LogP contribution in [0, 0.1) is 11.8 Å². The van der Waals surface area contributed by atoms with Crippen LogP contribution in [0.1, 0.15) is 25.7 Å². The molecule has 0 radical (unpaired) electrons. The summed E-state index contributed by atoms with van der Waals surface area (Å²) in [4.78, 5) is 25.0. The van der Waals surface area contributed by atoms with Gasteiger partial charge in [-0.15, -0.1) is 0 Å². The number of hydrogen-bond acceptors (Lipinski definition) is 2. The smallest absolute Gasteiger partial charge is 0.223 e. The maximum Gasteiger partial charge on any atom is 0.223 e. The summed E-state index contributed by atoms with van der Waals surface area (Å²) in [6, 6.07) is 0.300. The molecule has 70 valence electrons. The van der Waals surface area contributed by atoms with Crippen molar-refractivity contribution in [2.75, 3.05) is 6.54 Å². The van der Waals surface area contributed by atoms with E-state index in [1.54, 1.807) is 0 Å². The average molecular weight is 179 g/mol. The number of ketones is 1. The van der Waals surface area contributed by atoms with Crippen molar-refractivity contribution in [2.45, 2.75) is 31.7 Å². The molecule has 3 atom stereocenters. The molecule has 13 heavy (non-hydrogen) atoms. The van der Waals surface area contributed by atoms with Crippen molar-refractivity contribution in [3.8, 4) is 0 Å². The standard InChI is InChI=1S/C10H13NO2/c12-8-2-1-6-3-4-11-9(13)5-7(8)10(6)11/h6-7,10H,1-5H2/t6-,7-,10+/m0/s1. The first kappa shape index (κ1) is 7.54. The Bertz CT molecular complexity index is 285. The summed E-state index contributed by atoms with van der Waals surface area (Å²) >= 11 is 0. The van der Waals surface area contributed by atoms with Gasteiger partial charge >= 0.3 is 0 Å². The largest absolute Gasteiger partial charge is 0.339 e. The topological polar surface area (TPSA) is 37.4 Å². The summed E-state index contributed by atoms with van der Waals surface area (Å²) in [5.41, 5.74) is 0. The van der Waals surface area contributed by atoms with Crippen molar-refractivity contribution in [1.29, 1.82) is 0 Å². The van der Waals surface area contributed by atoms with E-state index in [0.717, 1.165) is 19.4 Å². The molecule has 1 aliphatic carbocycles. The molecule has 3 rings (SSSR count). The second kappa shape index (κ2) is 2.34. The fourth-order valence-corrected chi connectivity index (χ4v) is 3.27. The summed E-state index contributed by atoms with van der Waals surface area (Å²) in [5, 5.41) is 0. The maximum absolute atomic E-state index is 11.6. The van der Waals surface area contributed by atoms with Gasteiger partial charge in [0.15, 0.2) is 0 Å². The van der Waals surface area contributed by atoms with Crippen LogP contribution in [-0.4, -0.2) is 29.2 Å². The van der Waals surface area contributed by atoms with Gasteiger partial charge in [0.25, 0.3) is 0 Å². The molecule has 1 amide bonds. The Kier molecular flexibility index (Phi) is 1.35. The van der Waals surface area contributed by atoms with Crippen molar-refractivity contribution < 1.29 is 9.59 Å². The second-order valence-corrected chi connectivity index (χ2v) is 4.44. The van der Waals surface area contributed by atoms with Crippen LogP contribution >= 0.6 is 0 Å². The molecule has 1 saturated carbocycles. The van der Waals surface area contributed by atoms with Crippen LogP contribution in [0.25, 0.3) is 0 Å². The zero-order valence-corrected chi connectivity index (χ0v) is 7.53. The molecular weight excluding hydrogens is 166 g/mol. The summed E-state index contributed by atoms with van der Waals surface area (Å²) in [7, 11) is 0. The summed E-state index contributed by atoms with van der Waals surface area (Å²) in [5.74, 6) is 1.25. The Morgan fingerprint density at radius 1 is 1.23 bits per heavy atom. The van der Waals surface area contributed by atoms with Gasteiger partial charge in [-0.3, -0.25) is 9.59 Å². The summed E-state index contributed by atoms with van der Waals surface area (Å²) in [6.07, 6.45) is 3.36. The van der Waals surface area contributed by atoms with Crippen LogP contribution < -0.4 is 0 Å². The molecule has 0 aromatic heterocycles. The number of hydrogen-bond donors (Lipinski definition) is 0. The highest BCUT2D eigenvalue weighted by atomic mass is 16.2. The van der Waals surface area contributed by atoms with Gasteiger partial charge in [0.05, 0.1) is 0 Å². The predicted molar refractivity (Wildman–Crippen MR) is 46.0 cm³/mol. The fourth-order valence-electron chi connectivity index (χ4n) is 3.27. The molecule has 3 aliphatic rings. The quantitative estimate of drug-likeness (QED) is 0.545. The third-order valence-electron chi connectivity index (χ3n) is 3.89. The van der Waals surface area contributed by atoms with E-state index in [2.05, 4.69) is 0 Å². The molecule has 3 heteroatoms. The lowest BCUT2D eigenvalue weighted by Gasteiger charge is -2.29. The molecule has 2 heterocycles. The Morgan fingerprint density at radius 3 is 2.92 bits per heavy atom. The Labute approximate surface area is 77.1 Å². The lowest BCUT2D eigenvalue weighted by molar-refractivity contribution is -0.128. The van der Waals surface area contributed by atoms with Gasteiger partial charge in [0, 0.05) is 31.3 Å². The van der Waals surface area contributed by atoms with E-state index >= 15 is 0 Å². The lowest BCUT2D eigenvalue weighted by atomic mass is 9.77. The molecule has 0 unspecified atom stereocenters. The molecule has 0 aromatic carbocycles. The molecule has 2 aliphatic heterocycles. The zero-order valence-electron chi connectivity index (χ0n) is 7.53. The van der Waals surface area contributed by atoms with Gasteiger partial charge in [-0.25, -0.2) is 0 Å². The van der Waals surface area contributed by atoms with Crippen molar-refractivity contribution >= 4 is 11.7 Å². The molecule has 3 fully saturated rings. The molecule has 0 bridgehead atoms. The first-order valence-electron chi connectivity index (χ1n) is 5.09. The highest BCUT2D eigenvalue weighted by Gasteiger charge is 2.52. The third kappa shape index (κ3) is 0.847. The van der Waals surface area contributed by atoms with Crippen molar-refractivity contribution in [2.24, 2.45) is 11.8 Å². The van der Waals surface area contributed by atoms with Crippen LogP contribution in [0.15, 0.2) is 0 Å². The van der Waals surface area contributed by atoms with Crippen LogP contribution in [0.5, 0.6) is 0 Å². The second-order valence-electron chi connectivity index (χ2n) is 4.44. The minimum absolute atomic E-state index is 0.0637. The average Bonchev–Trinajstić information content (AvgIpc) is 2.64. The van der Waals surface area contributed by atoms with Crippen molar-refractivity contribution in [3.63, 3.8) is 0 Å². The van der Waals surface area contributed by atoms with Crippen LogP contribution in [-0.2, 0) is 9.59 Å². The minimum atomic E-state index is 0.0637. The molecule has 3 nitrogen and oxygen atoms in total. The molecular formula is C10H13NO2. The monoisotopic (exact) mass is 179 g/mol. The van der Waals surface area contributed by atoms with Crippen LogP contribution in [0.4, 0.5) is 0 Å². The van der Waals surface area contributed by atoms with Gasteiger partial charge in [0.1, 0.15) is 5.78 Å². The predicted octanol–water partition coefficient (Wildman–Crippen LogP) is 0.586. The number of Topliss-reactive ketones (excluding diaryl/α,β-unsaturated/α-hetero) is 1. The van der Waals surface area contributed by atoms with Gasteiger partial charge < -0.3 is 4.90 Å². The third-order valence-corrected chi connectivity index (χ3v) is 3.89. The van der Waals surface area contributed by atoms with E-state index < -0.39 is 0 Å². The number of carbonyl (C=O) groups excluding carboxylic acids is 2.